The van der Waals surface area contributed by atoms with Gasteiger partial charge in [0.1, 0.15) is 4.88 Å². The summed E-state index contributed by atoms with van der Waals surface area (Å²) in [6.07, 6.45) is 3.41. The Morgan fingerprint density at radius 1 is 1.59 bits per heavy atom. The topological polar surface area (TPSA) is 68.0 Å². The molecule has 0 spiro atoms. The molecule has 0 aliphatic heterocycles. The number of carbonyl (C=O) groups excluding carboxylic acids is 1. The zero-order valence-electron chi connectivity index (χ0n) is 9.86. The van der Waals surface area contributed by atoms with E-state index >= 15 is 0 Å². The Morgan fingerprint density at radius 3 is 3.00 bits per heavy atom. The number of amides is 1. The monoisotopic (exact) mass is 249 g/mol. The van der Waals surface area contributed by atoms with Gasteiger partial charge in [0.2, 0.25) is 0 Å². The Kier molecular flexibility index (Phi) is 3.28. The fraction of sp³-hybridized carbons (Fsp3) is 0.333. The summed E-state index contributed by atoms with van der Waals surface area (Å²) in [7, 11) is 0. The van der Waals surface area contributed by atoms with Crippen LogP contribution in [0.15, 0.2) is 18.5 Å². The first-order valence-electron chi connectivity index (χ1n) is 5.49. The standard InChI is InChI=1S/C12H15N3OS/c1-7(2)5-15-12(16)11-10(13)8-3-4-14-6-9(8)17-11/h3-4,6-7H,5,13H2,1-2H3,(H,15,16). The van der Waals surface area contributed by atoms with Gasteiger partial charge in [-0.25, -0.2) is 0 Å². The number of anilines is 1. The zero-order valence-corrected chi connectivity index (χ0v) is 10.7. The van der Waals surface area contributed by atoms with E-state index < -0.39 is 0 Å². The van der Waals surface area contributed by atoms with Crippen molar-refractivity contribution in [1.82, 2.24) is 10.3 Å². The average Bonchev–Trinajstić information content (AvgIpc) is 2.64. The van der Waals surface area contributed by atoms with E-state index in [1.54, 1.807) is 12.4 Å². The molecule has 4 nitrogen and oxygen atoms in total. The lowest BCUT2D eigenvalue weighted by molar-refractivity contribution is 0.0954. The Balaban J connectivity index is 2.29. The molecular weight excluding hydrogens is 234 g/mol. The van der Waals surface area contributed by atoms with E-state index in [2.05, 4.69) is 24.1 Å². The zero-order chi connectivity index (χ0) is 12.4. The van der Waals surface area contributed by atoms with E-state index in [0.29, 0.717) is 23.0 Å². The first-order valence-corrected chi connectivity index (χ1v) is 6.31. The van der Waals surface area contributed by atoms with E-state index in [1.807, 2.05) is 6.07 Å². The molecule has 0 aromatic carbocycles. The van der Waals surface area contributed by atoms with Crippen LogP contribution in [0.4, 0.5) is 5.69 Å². The molecule has 0 saturated heterocycles. The maximum absolute atomic E-state index is 11.9. The molecule has 0 saturated carbocycles. The van der Waals surface area contributed by atoms with Crippen LogP contribution in [0, 0.1) is 5.92 Å². The minimum Gasteiger partial charge on any atom is -0.397 e. The second-order valence-corrected chi connectivity index (χ2v) is 5.37. The van der Waals surface area contributed by atoms with Crippen LogP contribution in [-0.4, -0.2) is 17.4 Å². The van der Waals surface area contributed by atoms with Crippen molar-refractivity contribution in [2.24, 2.45) is 5.92 Å². The van der Waals surface area contributed by atoms with Crippen molar-refractivity contribution in [3.63, 3.8) is 0 Å². The predicted octanol–water partition coefficient (Wildman–Crippen LogP) is 2.26. The summed E-state index contributed by atoms with van der Waals surface area (Å²) in [4.78, 5) is 16.5. The van der Waals surface area contributed by atoms with Gasteiger partial charge in [-0.1, -0.05) is 13.8 Å². The molecule has 2 aromatic heterocycles. The highest BCUT2D eigenvalue weighted by molar-refractivity contribution is 7.21. The Hall–Kier alpha value is -1.62. The molecule has 0 aliphatic carbocycles. The number of aromatic nitrogens is 1. The highest BCUT2D eigenvalue weighted by atomic mass is 32.1. The number of nitrogen functional groups attached to an aromatic ring is 1. The van der Waals surface area contributed by atoms with Crippen molar-refractivity contribution in [1.29, 1.82) is 0 Å². The van der Waals surface area contributed by atoms with Gasteiger partial charge in [-0.3, -0.25) is 9.78 Å². The average molecular weight is 249 g/mol. The minimum absolute atomic E-state index is 0.0996. The van der Waals surface area contributed by atoms with Crippen LogP contribution >= 0.6 is 11.3 Å². The smallest absolute Gasteiger partial charge is 0.263 e. The summed E-state index contributed by atoms with van der Waals surface area (Å²) in [6.45, 7) is 4.77. The van der Waals surface area contributed by atoms with Crippen LogP contribution < -0.4 is 11.1 Å². The van der Waals surface area contributed by atoms with Crippen molar-refractivity contribution in [2.45, 2.75) is 13.8 Å². The van der Waals surface area contributed by atoms with Crippen molar-refractivity contribution in [3.8, 4) is 0 Å². The number of pyridine rings is 1. The lowest BCUT2D eigenvalue weighted by Gasteiger charge is -2.06. The minimum atomic E-state index is -0.0996. The van der Waals surface area contributed by atoms with Crippen molar-refractivity contribution in [2.75, 3.05) is 12.3 Å². The van der Waals surface area contributed by atoms with Crippen LogP contribution in [0.2, 0.25) is 0 Å². The lowest BCUT2D eigenvalue weighted by Crippen LogP contribution is -2.27. The van der Waals surface area contributed by atoms with Crippen molar-refractivity contribution >= 4 is 33.0 Å². The maximum atomic E-state index is 11.9. The van der Waals surface area contributed by atoms with Crippen LogP contribution in [0.25, 0.3) is 10.1 Å². The first-order chi connectivity index (χ1) is 8.09. The summed E-state index contributed by atoms with van der Waals surface area (Å²) in [5.74, 6) is 0.327. The molecular formula is C12H15N3OS. The lowest BCUT2D eigenvalue weighted by atomic mass is 10.2. The quantitative estimate of drug-likeness (QED) is 0.876. The van der Waals surface area contributed by atoms with E-state index in [0.717, 1.165) is 10.1 Å². The molecule has 0 unspecified atom stereocenters. The second-order valence-electron chi connectivity index (χ2n) is 4.32. The molecule has 2 rings (SSSR count). The molecule has 0 aliphatic rings. The number of carbonyl (C=O) groups is 1. The van der Waals surface area contributed by atoms with Gasteiger partial charge < -0.3 is 11.1 Å². The number of hydrogen-bond acceptors (Lipinski definition) is 4. The molecule has 0 fully saturated rings. The number of hydrogen-bond donors (Lipinski definition) is 2. The summed E-state index contributed by atoms with van der Waals surface area (Å²) >= 11 is 1.38. The molecule has 0 radical (unpaired) electrons. The van der Waals surface area contributed by atoms with Gasteiger partial charge in [0.15, 0.2) is 0 Å². The molecule has 5 heteroatoms. The summed E-state index contributed by atoms with van der Waals surface area (Å²) in [5, 5.41) is 3.77. The van der Waals surface area contributed by atoms with Crippen LogP contribution in [0.1, 0.15) is 23.5 Å². The number of nitrogens with zero attached hydrogens (tertiary/aromatic N) is 1. The Morgan fingerprint density at radius 2 is 2.35 bits per heavy atom. The largest absolute Gasteiger partial charge is 0.397 e. The van der Waals surface area contributed by atoms with Gasteiger partial charge in [0.05, 0.1) is 10.4 Å². The molecule has 2 aromatic rings. The fourth-order valence-corrected chi connectivity index (χ4v) is 2.52. The van der Waals surface area contributed by atoms with Gasteiger partial charge >= 0.3 is 0 Å². The van der Waals surface area contributed by atoms with Gasteiger partial charge in [0, 0.05) is 24.3 Å². The van der Waals surface area contributed by atoms with Gasteiger partial charge in [-0.15, -0.1) is 11.3 Å². The SMILES string of the molecule is CC(C)CNC(=O)c1sc2cnccc2c1N. The van der Waals surface area contributed by atoms with E-state index in [9.17, 15) is 4.79 Å². The third-order valence-electron chi connectivity index (χ3n) is 2.41. The molecule has 2 heterocycles. The summed E-state index contributed by atoms with van der Waals surface area (Å²) in [5.41, 5.74) is 6.52. The number of rotatable bonds is 3. The number of nitrogens with one attached hydrogen (secondary N) is 1. The predicted molar refractivity (Wildman–Crippen MR) is 71.2 cm³/mol. The molecule has 3 N–H and O–H groups in total. The van der Waals surface area contributed by atoms with E-state index in [1.165, 1.54) is 11.3 Å². The number of nitrogens with two attached hydrogens (primary N) is 1. The van der Waals surface area contributed by atoms with Gasteiger partial charge in [-0.05, 0) is 12.0 Å². The van der Waals surface area contributed by atoms with Crippen LogP contribution in [-0.2, 0) is 0 Å². The normalized spacial score (nSPS) is 11.0. The highest BCUT2D eigenvalue weighted by Gasteiger charge is 2.15. The Labute approximate surface area is 104 Å². The first kappa shape index (κ1) is 11.9. The number of thiophene rings is 1. The van der Waals surface area contributed by atoms with Crippen molar-refractivity contribution < 1.29 is 4.79 Å². The molecule has 90 valence electrons. The van der Waals surface area contributed by atoms with E-state index in [4.69, 9.17) is 5.73 Å². The molecule has 17 heavy (non-hydrogen) atoms. The maximum Gasteiger partial charge on any atom is 0.263 e. The van der Waals surface area contributed by atoms with Crippen LogP contribution in [0.5, 0.6) is 0 Å². The van der Waals surface area contributed by atoms with Crippen LogP contribution in [0.3, 0.4) is 0 Å². The molecule has 1 amide bonds. The van der Waals surface area contributed by atoms with Gasteiger partial charge in [-0.2, -0.15) is 0 Å². The summed E-state index contributed by atoms with van der Waals surface area (Å²) < 4.78 is 0.944. The van der Waals surface area contributed by atoms with Gasteiger partial charge in [0.25, 0.3) is 5.91 Å². The summed E-state index contributed by atoms with van der Waals surface area (Å²) in [6, 6.07) is 1.83. The number of fused-ring (bicyclic) bond motifs is 1. The van der Waals surface area contributed by atoms with Crippen molar-refractivity contribution in [3.05, 3.63) is 23.3 Å². The Bertz CT molecular complexity index is 548. The fourth-order valence-electron chi connectivity index (χ4n) is 1.52. The third kappa shape index (κ3) is 2.39. The second kappa shape index (κ2) is 4.71. The molecule has 0 atom stereocenters. The van der Waals surface area contributed by atoms with E-state index in [-0.39, 0.29) is 5.91 Å². The highest BCUT2D eigenvalue weighted by Crippen LogP contribution is 2.32. The third-order valence-corrected chi connectivity index (χ3v) is 3.56. The molecule has 0 bridgehead atoms.